The van der Waals surface area contributed by atoms with E-state index in [9.17, 15) is 9.59 Å². The molecule has 7 heteroatoms. The van der Waals surface area contributed by atoms with E-state index >= 15 is 0 Å². The molecule has 2 fully saturated rings. The number of hydrogen-bond acceptors (Lipinski definition) is 5. The van der Waals surface area contributed by atoms with Crippen molar-refractivity contribution < 1.29 is 9.59 Å². The molecule has 0 bridgehead atoms. The van der Waals surface area contributed by atoms with Crippen LogP contribution in [-0.2, 0) is 22.4 Å². The minimum Gasteiger partial charge on any atom is -0.365 e. The first-order valence-corrected chi connectivity index (χ1v) is 12.7. The van der Waals surface area contributed by atoms with Gasteiger partial charge in [-0.15, -0.1) is 11.3 Å². The van der Waals surface area contributed by atoms with Crippen molar-refractivity contribution in [3.8, 4) is 0 Å². The van der Waals surface area contributed by atoms with Crippen molar-refractivity contribution in [1.29, 1.82) is 0 Å². The number of hydrogen-bond donors (Lipinski definition) is 1. The van der Waals surface area contributed by atoms with E-state index in [4.69, 9.17) is 0 Å². The molecule has 2 saturated heterocycles. The number of nitrogens with one attached hydrogen (secondary N) is 1. The molecule has 2 aromatic rings. The van der Waals surface area contributed by atoms with Crippen LogP contribution in [0.2, 0.25) is 0 Å². The number of para-hydroxylation sites is 1. The Bertz CT molecular complexity index is 941. The smallest absolute Gasteiger partial charge is 0.236 e. The summed E-state index contributed by atoms with van der Waals surface area (Å²) in [4.78, 5) is 34.0. The van der Waals surface area contributed by atoms with Gasteiger partial charge in [-0.05, 0) is 48.8 Å². The third-order valence-corrected chi connectivity index (χ3v) is 8.05. The van der Waals surface area contributed by atoms with Crippen LogP contribution in [0.4, 0.5) is 5.69 Å². The van der Waals surface area contributed by atoms with Gasteiger partial charge in [0.15, 0.2) is 0 Å². The largest absolute Gasteiger partial charge is 0.365 e. The van der Waals surface area contributed by atoms with Crippen molar-refractivity contribution in [2.24, 2.45) is 5.92 Å². The van der Waals surface area contributed by atoms with E-state index in [0.29, 0.717) is 13.1 Å². The molecule has 5 rings (SSSR count). The number of carbonyl (C=O) groups excluding carboxylic acids is 2. The zero-order chi connectivity index (χ0) is 21.9. The molecule has 32 heavy (non-hydrogen) atoms. The monoisotopic (exact) mass is 452 g/mol. The number of fused-ring (bicyclic) bond motifs is 3. The topological polar surface area (TPSA) is 55.9 Å². The van der Waals surface area contributed by atoms with Gasteiger partial charge in [0.05, 0.1) is 18.5 Å². The SMILES string of the molecule is O=C(NCCc1cccs1)[C@H]1Cc2ccccc2N2CCN(CC(=O)N3CCCC3)C[C@H]12. The van der Waals surface area contributed by atoms with Crippen LogP contribution in [0.3, 0.4) is 0 Å². The summed E-state index contributed by atoms with van der Waals surface area (Å²) in [7, 11) is 0. The lowest BCUT2D eigenvalue weighted by atomic mass is 9.83. The Morgan fingerprint density at radius 2 is 1.88 bits per heavy atom. The van der Waals surface area contributed by atoms with Gasteiger partial charge >= 0.3 is 0 Å². The summed E-state index contributed by atoms with van der Waals surface area (Å²) in [5, 5.41) is 5.28. The van der Waals surface area contributed by atoms with Gasteiger partial charge in [-0.3, -0.25) is 14.5 Å². The maximum atomic E-state index is 13.3. The molecule has 0 saturated carbocycles. The Balaban J connectivity index is 1.28. The first kappa shape index (κ1) is 21.5. The number of anilines is 1. The van der Waals surface area contributed by atoms with Gasteiger partial charge in [-0.25, -0.2) is 0 Å². The average Bonchev–Trinajstić information content (AvgIpc) is 3.53. The molecule has 1 N–H and O–H groups in total. The van der Waals surface area contributed by atoms with Gasteiger partial charge in [-0.2, -0.15) is 0 Å². The van der Waals surface area contributed by atoms with E-state index in [1.807, 2.05) is 4.90 Å². The van der Waals surface area contributed by atoms with Crippen molar-refractivity contribution in [1.82, 2.24) is 15.1 Å². The number of likely N-dealkylation sites (tertiary alicyclic amines) is 1. The highest BCUT2D eigenvalue weighted by Crippen LogP contribution is 2.36. The number of amides is 2. The van der Waals surface area contributed by atoms with E-state index in [-0.39, 0.29) is 23.8 Å². The Hall–Kier alpha value is -2.38. The highest BCUT2D eigenvalue weighted by molar-refractivity contribution is 7.09. The summed E-state index contributed by atoms with van der Waals surface area (Å²) in [6.07, 6.45) is 3.87. The van der Waals surface area contributed by atoms with E-state index < -0.39 is 0 Å². The zero-order valence-electron chi connectivity index (χ0n) is 18.5. The fraction of sp³-hybridized carbons (Fsp3) is 0.520. The number of rotatable bonds is 6. The summed E-state index contributed by atoms with van der Waals surface area (Å²) in [6.45, 7) is 5.40. The van der Waals surface area contributed by atoms with Crippen molar-refractivity contribution >= 4 is 28.8 Å². The summed E-state index contributed by atoms with van der Waals surface area (Å²) in [5.41, 5.74) is 2.51. The average molecular weight is 453 g/mol. The van der Waals surface area contributed by atoms with Gasteiger partial charge in [0, 0.05) is 49.8 Å². The fourth-order valence-electron chi connectivity index (χ4n) is 5.41. The number of benzene rings is 1. The zero-order valence-corrected chi connectivity index (χ0v) is 19.4. The lowest BCUT2D eigenvalue weighted by Gasteiger charge is -2.49. The molecule has 0 spiro atoms. The summed E-state index contributed by atoms with van der Waals surface area (Å²) in [6, 6.07) is 12.8. The van der Waals surface area contributed by atoms with Crippen molar-refractivity contribution in [2.45, 2.75) is 31.7 Å². The van der Waals surface area contributed by atoms with Crippen LogP contribution >= 0.6 is 11.3 Å². The second kappa shape index (κ2) is 9.63. The van der Waals surface area contributed by atoms with Gasteiger partial charge in [0.1, 0.15) is 0 Å². The molecule has 3 aliphatic heterocycles. The third-order valence-electron chi connectivity index (χ3n) is 7.11. The molecule has 0 unspecified atom stereocenters. The molecule has 2 amide bonds. The number of carbonyl (C=O) groups is 2. The minimum absolute atomic E-state index is 0.0991. The molecule has 6 nitrogen and oxygen atoms in total. The van der Waals surface area contributed by atoms with Crippen LogP contribution in [0.1, 0.15) is 23.3 Å². The Morgan fingerprint density at radius 3 is 2.69 bits per heavy atom. The van der Waals surface area contributed by atoms with Gasteiger partial charge < -0.3 is 15.1 Å². The second-order valence-electron chi connectivity index (χ2n) is 9.14. The summed E-state index contributed by atoms with van der Waals surface area (Å²) >= 11 is 1.73. The molecule has 2 atom stereocenters. The third kappa shape index (κ3) is 4.55. The predicted octanol–water partition coefficient (Wildman–Crippen LogP) is 2.39. The van der Waals surface area contributed by atoms with E-state index in [1.54, 1.807) is 11.3 Å². The highest BCUT2D eigenvalue weighted by Gasteiger charge is 2.41. The lowest BCUT2D eigenvalue weighted by molar-refractivity contribution is -0.131. The maximum Gasteiger partial charge on any atom is 0.236 e. The van der Waals surface area contributed by atoms with Crippen LogP contribution in [0, 0.1) is 5.92 Å². The van der Waals surface area contributed by atoms with Gasteiger partial charge in [0.2, 0.25) is 11.8 Å². The maximum absolute atomic E-state index is 13.3. The molecule has 170 valence electrons. The van der Waals surface area contributed by atoms with Crippen molar-refractivity contribution in [3.63, 3.8) is 0 Å². The predicted molar refractivity (Wildman–Crippen MR) is 128 cm³/mol. The molecule has 4 heterocycles. The molecule has 1 aromatic carbocycles. The Kier molecular flexibility index (Phi) is 6.46. The van der Waals surface area contributed by atoms with E-state index in [1.165, 1.54) is 16.1 Å². The molecule has 0 radical (unpaired) electrons. The molecular formula is C25H32N4O2S. The first-order chi connectivity index (χ1) is 15.7. The standard InChI is InChI=1S/C25H32N4O2S/c30-24(28-11-3-4-12-28)18-27-13-14-29-22-8-2-1-6-19(22)16-21(23(29)17-27)25(31)26-10-9-20-7-5-15-32-20/h1-2,5-8,15,21,23H,3-4,9-14,16-18H2,(H,26,31)/t21-,23+/m0/s1. The fourth-order valence-corrected chi connectivity index (χ4v) is 6.12. The summed E-state index contributed by atoms with van der Waals surface area (Å²) in [5.74, 6) is 0.279. The van der Waals surface area contributed by atoms with E-state index in [2.05, 4.69) is 56.9 Å². The molecular weight excluding hydrogens is 420 g/mol. The first-order valence-electron chi connectivity index (χ1n) is 11.8. The van der Waals surface area contributed by atoms with Gasteiger partial charge in [0.25, 0.3) is 0 Å². The lowest BCUT2D eigenvalue weighted by Crippen LogP contribution is -2.62. The second-order valence-corrected chi connectivity index (χ2v) is 10.2. The van der Waals surface area contributed by atoms with Crippen molar-refractivity contribution in [3.05, 3.63) is 52.2 Å². The number of thiophene rings is 1. The quantitative estimate of drug-likeness (QED) is 0.731. The summed E-state index contributed by atoms with van der Waals surface area (Å²) < 4.78 is 0. The minimum atomic E-state index is -0.0991. The Morgan fingerprint density at radius 1 is 1.03 bits per heavy atom. The number of nitrogens with zero attached hydrogens (tertiary/aromatic N) is 3. The van der Waals surface area contributed by atoms with Crippen LogP contribution in [-0.4, -0.2) is 73.5 Å². The van der Waals surface area contributed by atoms with Crippen LogP contribution < -0.4 is 10.2 Å². The van der Waals surface area contributed by atoms with E-state index in [0.717, 1.165) is 58.4 Å². The van der Waals surface area contributed by atoms with Crippen LogP contribution in [0.15, 0.2) is 41.8 Å². The molecule has 0 aliphatic carbocycles. The van der Waals surface area contributed by atoms with Gasteiger partial charge in [-0.1, -0.05) is 24.3 Å². The highest BCUT2D eigenvalue weighted by atomic mass is 32.1. The molecule has 1 aromatic heterocycles. The number of piperazine rings is 1. The Labute approximate surface area is 194 Å². The molecule has 3 aliphatic rings. The van der Waals surface area contributed by atoms with Crippen LogP contribution in [0.25, 0.3) is 0 Å². The van der Waals surface area contributed by atoms with Crippen LogP contribution in [0.5, 0.6) is 0 Å². The van der Waals surface area contributed by atoms with Crippen molar-refractivity contribution in [2.75, 3.05) is 50.7 Å². The normalized spacial score (nSPS) is 23.0.